The number of benzene rings is 2. The van der Waals surface area contributed by atoms with Gasteiger partial charge in [0.1, 0.15) is 5.75 Å². The molecule has 2 atom stereocenters. The van der Waals surface area contributed by atoms with Crippen LogP contribution >= 0.6 is 0 Å². The van der Waals surface area contributed by atoms with Gasteiger partial charge in [-0.1, -0.05) is 31.2 Å². The molecular formula is C22H28N2O2. The van der Waals surface area contributed by atoms with Gasteiger partial charge in [-0.05, 0) is 55.5 Å². The van der Waals surface area contributed by atoms with Gasteiger partial charge in [-0.25, -0.2) is 0 Å². The molecule has 1 aliphatic rings. The summed E-state index contributed by atoms with van der Waals surface area (Å²) in [6.07, 6.45) is 2.58. The smallest absolute Gasteiger partial charge is 0.255 e. The van der Waals surface area contributed by atoms with E-state index in [9.17, 15) is 4.79 Å². The molecule has 4 nitrogen and oxygen atoms in total. The highest BCUT2D eigenvalue weighted by Crippen LogP contribution is 2.25. The van der Waals surface area contributed by atoms with Gasteiger partial charge in [0.05, 0.1) is 18.7 Å². The summed E-state index contributed by atoms with van der Waals surface area (Å²) in [5, 5.41) is 3.06. The molecule has 4 heteroatoms. The molecule has 0 radical (unpaired) electrons. The Bertz CT molecular complexity index is 742. The van der Waals surface area contributed by atoms with Gasteiger partial charge in [-0.3, -0.25) is 4.79 Å². The number of carbonyl (C=O) groups is 1. The third-order valence-corrected chi connectivity index (χ3v) is 5.11. The maximum Gasteiger partial charge on any atom is 0.255 e. The van der Waals surface area contributed by atoms with E-state index in [4.69, 9.17) is 4.74 Å². The molecule has 0 bridgehead atoms. The molecule has 2 aromatic carbocycles. The van der Waals surface area contributed by atoms with Gasteiger partial charge in [0.2, 0.25) is 0 Å². The molecule has 0 unspecified atom stereocenters. The summed E-state index contributed by atoms with van der Waals surface area (Å²) in [4.78, 5) is 15.0. The molecule has 0 aliphatic carbocycles. The molecule has 2 aromatic rings. The number of nitrogens with zero attached hydrogens (tertiary/aromatic N) is 1. The lowest BCUT2D eigenvalue weighted by Crippen LogP contribution is -2.34. The third kappa shape index (κ3) is 4.18. The van der Waals surface area contributed by atoms with E-state index in [1.807, 2.05) is 19.1 Å². The number of carbonyl (C=O) groups excluding carboxylic acids is 1. The molecule has 0 saturated carbocycles. The van der Waals surface area contributed by atoms with Crippen molar-refractivity contribution < 1.29 is 9.53 Å². The zero-order chi connectivity index (χ0) is 18.5. The number of anilines is 1. The highest BCUT2D eigenvalue weighted by molar-refractivity contribution is 5.97. The maximum absolute atomic E-state index is 12.6. The van der Waals surface area contributed by atoms with Crippen LogP contribution in [-0.2, 0) is 0 Å². The standard InChI is InChI=1S/C22H28N2O2/c1-16-7-6-14-24(15-16)19-12-10-18(11-13-19)17(2)23-22(25)20-8-4-5-9-21(20)26-3/h4-5,8-13,16-17H,6-7,14-15H2,1-3H3,(H,23,25)/t16-,17+/m1/s1. The van der Waals surface area contributed by atoms with Gasteiger partial charge in [0, 0.05) is 18.8 Å². The zero-order valence-corrected chi connectivity index (χ0v) is 15.9. The molecule has 0 aromatic heterocycles. The number of ether oxygens (including phenoxy) is 1. The van der Waals surface area contributed by atoms with Crippen LogP contribution in [0, 0.1) is 5.92 Å². The molecule has 1 amide bonds. The quantitative estimate of drug-likeness (QED) is 0.866. The monoisotopic (exact) mass is 352 g/mol. The summed E-state index contributed by atoms with van der Waals surface area (Å²) in [7, 11) is 1.58. The number of rotatable bonds is 5. The number of methoxy groups -OCH3 is 1. The van der Waals surface area contributed by atoms with Crippen molar-refractivity contribution in [1.29, 1.82) is 0 Å². The van der Waals surface area contributed by atoms with Crippen molar-refractivity contribution in [3.05, 3.63) is 59.7 Å². The molecule has 138 valence electrons. The first-order valence-electron chi connectivity index (χ1n) is 9.37. The fourth-order valence-electron chi connectivity index (χ4n) is 3.59. The summed E-state index contributed by atoms with van der Waals surface area (Å²) < 4.78 is 5.28. The molecule has 1 N–H and O–H groups in total. The van der Waals surface area contributed by atoms with E-state index >= 15 is 0 Å². The molecule has 3 rings (SSSR count). The normalized spacial score (nSPS) is 18.3. The molecular weight excluding hydrogens is 324 g/mol. The summed E-state index contributed by atoms with van der Waals surface area (Å²) in [5.74, 6) is 1.22. The second kappa shape index (κ2) is 8.26. The van der Waals surface area contributed by atoms with Crippen LogP contribution in [0.15, 0.2) is 48.5 Å². The fourth-order valence-corrected chi connectivity index (χ4v) is 3.59. The first kappa shape index (κ1) is 18.3. The van der Waals surface area contributed by atoms with Crippen LogP contribution in [0.4, 0.5) is 5.69 Å². The lowest BCUT2D eigenvalue weighted by molar-refractivity contribution is 0.0937. The Kier molecular flexibility index (Phi) is 5.82. The average molecular weight is 352 g/mol. The first-order valence-corrected chi connectivity index (χ1v) is 9.37. The van der Waals surface area contributed by atoms with Crippen molar-refractivity contribution >= 4 is 11.6 Å². The second-order valence-electron chi connectivity index (χ2n) is 7.18. The Morgan fingerprint density at radius 2 is 1.92 bits per heavy atom. The zero-order valence-electron chi connectivity index (χ0n) is 15.9. The van der Waals surface area contributed by atoms with Crippen LogP contribution in [-0.4, -0.2) is 26.1 Å². The third-order valence-electron chi connectivity index (χ3n) is 5.11. The van der Waals surface area contributed by atoms with E-state index in [1.54, 1.807) is 19.2 Å². The number of piperidine rings is 1. The maximum atomic E-state index is 12.6. The van der Waals surface area contributed by atoms with E-state index in [0.717, 1.165) is 24.6 Å². The molecule has 0 spiro atoms. The van der Waals surface area contributed by atoms with Crippen molar-refractivity contribution in [2.45, 2.75) is 32.7 Å². The minimum Gasteiger partial charge on any atom is -0.496 e. The molecule has 1 saturated heterocycles. The largest absolute Gasteiger partial charge is 0.496 e. The topological polar surface area (TPSA) is 41.6 Å². The number of para-hydroxylation sites is 1. The van der Waals surface area contributed by atoms with Crippen LogP contribution in [0.3, 0.4) is 0 Å². The molecule has 1 fully saturated rings. The van der Waals surface area contributed by atoms with E-state index in [0.29, 0.717) is 11.3 Å². The summed E-state index contributed by atoms with van der Waals surface area (Å²) in [5.41, 5.74) is 2.92. The number of hydrogen-bond acceptors (Lipinski definition) is 3. The lowest BCUT2D eigenvalue weighted by Gasteiger charge is -2.33. The van der Waals surface area contributed by atoms with Crippen LogP contribution < -0.4 is 15.0 Å². The Morgan fingerprint density at radius 1 is 1.19 bits per heavy atom. The molecule has 1 aliphatic heterocycles. The lowest BCUT2D eigenvalue weighted by atomic mass is 9.99. The predicted molar refractivity (Wildman–Crippen MR) is 106 cm³/mol. The van der Waals surface area contributed by atoms with E-state index in [2.05, 4.69) is 41.4 Å². The van der Waals surface area contributed by atoms with Gasteiger partial charge < -0.3 is 15.0 Å². The molecule has 26 heavy (non-hydrogen) atoms. The van der Waals surface area contributed by atoms with Crippen LogP contribution in [0.25, 0.3) is 0 Å². The van der Waals surface area contributed by atoms with Gasteiger partial charge in [0.25, 0.3) is 5.91 Å². The minimum absolute atomic E-state index is 0.0678. The Hall–Kier alpha value is -2.49. The summed E-state index contributed by atoms with van der Waals surface area (Å²) >= 11 is 0. The van der Waals surface area contributed by atoms with Gasteiger partial charge in [0.15, 0.2) is 0 Å². The fraction of sp³-hybridized carbons (Fsp3) is 0.409. The second-order valence-corrected chi connectivity index (χ2v) is 7.18. The van der Waals surface area contributed by atoms with Crippen molar-refractivity contribution in [3.8, 4) is 5.75 Å². The highest BCUT2D eigenvalue weighted by Gasteiger charge is 2.18. The van der Waals surface area contributed by atoms with Crippen LogP contribution in [0.2, 0.25) is 0 Å². The number of hydrogen-bond donors (Lipinski definition) is 1. The minimum atomic E-state index is -0.121. The molecule has 1 heterocycles. The van der Waals surface area contributed by atoms with Crippen molar-refractivity contribution in [3.63, 3.8) is 0 Å². The average Bonchev–Trinajstić information content (AvgIpc) is 2.68. The van der Waals surface area contributed by atoms with Crippen molar-refractivity contribution in [1.82, 2.24) is 5.32 Å². The van der Waals surface area contributed by atoms with Gasteiger partial charge >= 0.3 is 0 Å². The van der Waals surface area contributed by atoms with Gasteiger partial charge in [-0.15, -0.1) is 0 Å². The van der Waals surface area contributed by atoms with E-state index in [-0.39, 0.29) is 11.9 Å². The SMILES string of the molecule is COc1ccccc1C(=O)N[C@@H](C)c1ccc(N2CCC[C@@H](C)C2)cc1. The van der Waals surface area contributed by atoms with E-state index < -0.39 is 0 Å². The number of nitrogens with one attached hydrogen (secondary N) is 1. The summed E-state index contributed by atoms with van der Waals surface area (Å²) in [6, 6.07) is 15.8. The van der Waals surface area contributed by atoms with Gasteiger partial charge in [-0.2, -0.15) is 0 Å². The Labute approximate surface area is 156 Å². The highest BCUT2D eigenvalue weighted by atomic mass is 16.5. The van der Waals surface area contributed by atoms with Crippen LogP contribution in [0.5, 0.6) is 5.75 Å². The van der Waals surface area contributed by atoms with E-state index in [1.165, 1.54) is 18.5 Å². The van der Waals surface area contributed by atoms with Crippen molar-refractivity contribution in [2.24, 2.45) is 5.92 Å². The van der Waals surface area contributed by atoms with Crippen molar-refractivity contribution in [2.75, 3.05) is 25.1 Å². The first-order chi connectivity index (χ1) is 12.6. The predicted octanol–water partition coefficient (Wildman–Crippen LogP) is 4.42. The number of amides is 1. The summed E-state index contributed by atoms with van der Waals surface area (Å²) in [6.45, 7) is 6.57. The Morgan fingerprint density at radius 3 is 2.62 bits per heavy atom. The Balaban J connectivity index is 1.66. The van der Waals surface area contributed by atoms with Crippen LogP contribution in [0.1, 0.15) is 48.7 Å².